The number of esters is 1. The van der Waals surface area contributed by atoms with E-state index in [1.54, 1.807) is 0 Å². The number of allylic oxidation sites excluding steroid dienone is 4. The Morgan fingerprint density at radius 3 is 1.57 bits per heavy atom. The van der Waals surface area contributed by atoms with Crippen molar-refractivity contribution in [2.45, 2.75) is 235 Å². The summed E-state index contributed by atoms with van der Waals surface area (Å²) >= 11 is 0. The summed E-state index contributed by atoms with van der Waals surface area (Å²) in [6.45, 7) is 3.49. The van der Waals surface area contributed by atoms with Crippen molar-refractivity contribution >= 4 is 5.97 Å². The maximum atomic E-state index is 12.6. The van der Waals surface area contributed by atoms with Gasteiger partial charge in [-0.3, -0.25) is 4.79 Å². The van der Waals surface area contributed by atoms with E-state index in [0.717, 1.165) is 38.5 Å². The third-order valence-corrected chi connectivity index (χ3v) is 11.5. The van der Waals surface area contributed by atoms with Gasteiger partial charge in [-0.1, -0.05) is 141 Å². The molecule has 11 unspecified atom stereocenters. The van der Waals surface area contributed by atoms with Crippen LogP contribution in [-0.2, 0) is 33.2 Å². The molecule has 14 nitrogen and oxygen atoms in total. The third-order valence-electron chi connectivity index (χ3n) is 11.5. The number of carbonyl (C=O) groups is 1. The second-order valence-corrected chi connectivity index (χ2v) is 16.9. The van der Waals surface area contributed by atoms with Gasteiger partial charge >= 0.3 is 5.97 Å². The monoisotopic (exact) mass is 875 g/mol. The first-order valence-electron chi connectivity index (χ1n) is 23.9. The average Bonchev–Trinajstić information content (AvgIpc) is 3.25. The molecule has 2 aliphatic rings. The number of aliphatic hydroxyl groups is 7. The van der Waals surface area contributed by atoms with Crippen LogP contribution in [0.5, 0.6) is 0 Å². The summed E-state index contributed by atoms with van der Waals surface area (Å²) < 4.78 is 33.8. The quantitative estimate of drug-likeness (QED) is 0.0215. The Kier molecular flexibility index (Phi) is 32.6. The Morgan fingerprint density at radius 2 is 1.02 bits per heavy atom. The summed E-state index contributed by atoms with van der Waals surface area (Å²) in [4.78, 5) is 12.6. The molecule has 2 aliphatic heterocycles. The molecule has 2 fully saturated rings. The first-order chi connectivity index (χ1) is 29.6. The first-order valence-corrected chi connectivity index (χ1v) is 23.9. The molecule has 14 heteroatoms. The first kappa shape index (κ1) is 55.6. The molecule has 7 N–H and O–H groups in total. The van der Waals surface area contributed by atoms with Crippen molar-refractivity contribution in [3.05, 3.63) is 24.3 Å². The average molecular weight is 875 g/mol. The van der Waals surface area contributed by atoms with E-state index in [2.05, 4.69) is 31.2 Å². The smallest absolute Gasteiger partial charge is 0.306 e. The van der Waals surface area contributed by atoms with E-state index in [9.17, 15) is 40.5 Å². The van der Waals surface area contributed by atoms with E-state index in [4.69, 9.17) is 28.4 Å². The zero-order valence-corrected chi connectivity index (χ0v) is 37.7. The highest BCUT2D eigenvalue weighted by molar-refractivity contribution is 5.69. The molecule has 0 saturated carbocycles. The van der Waals surface area contributed by atoms with Gasteiger partial charge in [0.15, 0.2) is 12.6 Å². The molecule has 11 atom stereocenters. The van der Waals surface area contributed by atoms with E-state index >= 15 is 0 Å². The molecule has 0 spiro atoms. The summed E-state index contributed by atoms with van der Waals surface area (Å²) in [5.41, 5.74) is 0. The maximum Gasteiger partial charge on any atom is 0.306 e. The number of hydrogen-bond acceptors (Lipinski definition) is 14. The molecule has 0 bridgehead atoms. The number of aliphatic hydroxyl groups excluding tert-OH is 7. The minimum Gasteiger partial charge on any atom is -0.457 e. The molecule has 0 aromatic carbocycles. The van der Waals surface area contributed by atoms with Gasteiger partial charge < -0.3 is 64.2 Å². The molecule has 2 rings (SSSR count). The van der Waals surface area contributed by atoms with Crippen molar-refractivity contribution in [3.63, 3.8) is 0 Å². The lowest BCUT2D eigenvalue weighted by atomic mass is 9.98. The van der Waals surface area contributed by atoms with Gasteiger partial charge in [-0.25, -0.2) is 0 Å². The second kappa shape index (κ2) is 35.8. The Bertz CT molecular complexity index is 1110. The van der Waals surface area contributed by atoms with Crippen molar-refractivity contribution < 1.29 is 69.0 Å². The van der Waals surface area contributed by atoms with Crippen molar-refractivity contribution in [2.75, 3.05) is 33.0 Å². The number of carbonyl (C=O) groups excluding carboxylic acids is 1. The van der Waals surface area contributed by atoms with Gasteiger partial charge in [0.1, 0.15) is 54.9 Å². The molecule has 0 amide bonds. The largest absolute Gasteiger partial charge is 0.457 e. The fourth-order valence-electron chi connectivity index (χ4n) is 7.49. The predicted octanol–water partition coefficient (Wildman–Crippen LogP) is 6.07. The van der Waals surface area contributed by atoms with Gasteiger partial charge in [0.05, 0.1) is 26.4 Å². The lowest BCUT2D eigenvalue weighted by molar-refractivity contribution is -0.332. The van der Waals surface area contributed by atoms with Crippen LogP contribution in [0.1, 0.15) is 168 Å². The number of unbranched alkanes of at least 4 members (excludes halogenated alkanes) is 19. The van der Waals surface area contributed by atoms with Gasteiger partial charge in [-0.05, 0) is 44.9 Å². The van der Waals surface area contributed by atoms with Crippen LogP contribution in [0.2, 0.25) is 0 Å². The van der Waals surface area contributed by atoms with Crippen LogP contribution in [0.3, 0.4) is 0 Å². The normalized spacial score (nSPS) is 27.6. The van der Waals surface area contributed by atoms with Crippen LogP contribution in [0.15, 0.2) is 24.3 Å². The lowest BCUT2D eigenvalue weighted by Gasteiger charge is -2.42. The molecule has 61 heavy (non-hydrogen) atoms. The van der Waals surface area contributed by atoms with Gasteiger partial charge in [0, 0.05) is 13.0 Å². The van der Waals surface area contributed by atoms with Gasteiger partial charge in [-0.2, -0.15) is 0 Å². The topological polar surface area (TPSA) is 214 Å². The highest BCUT2D eigenvalue weighted by Crippen LogP contribution is 2.26. The van der Waals surface area contributed by atoms with E-state index in [0.29, 0.717) is 13.0 Å². The Labute approximate surface area is 367 Å². The minimum atomic E-state index is -1.70. The molecule has 0 aromatic heterocycles. The third kappa shape index (κ3) is 24.4. The van der Waals surface area contributed by atoms with Gasteiger partial charge in [-0.15, -0.1) is 0 Å². The summed E-state index contributed by atoms with van der Waals surface area (Å²) in [6, 6.07) is 0. The second-order valence-electron chi connectivity index (χ2n) is 16.9. The number of rotatable bonds is 37. The summed E-state index contributed by atoms with van der Waals surface area (Å²) in [6.07, 6.45) is 20.7. The highest BCUT2D eigenvalue weighted by atomic mass is 16.7. The Morgan fingerprint density at radius 1 is 0.541 bits per heavy atom. The lowest BCUT2D eigenvalue weighted by Crippen LogP contribution is -2.61. The zero-order chi connectivity index (χ0) is 44.5. The molecular weight excluding hydrogens is 789 g/mol. The van der Waals surface area contributed by atoms with Crippen molar-refractivity contribution in [3.8, 4) is 0 Å². The molecule has 0 aliphatic carbocycles. The Hall–Kier alpha value is -1.53. The summed E-state index contributed by atoms with van der Waals surface area (Å²) in [5.74, 6) is -0.401. The van der Waals surface area contributed by atoms with Crippen molar-refractivity contribution in [1.29, 1.82) is 0 Å². The zero-order valence-electron chi connectivity index (χ0n) is 37.7. The standard InChI is InChI=1S/C47H86O14/c1-3-5-7-8-9-10-11-12-13-14-15-16-17-18-19-20-21-22-23-24-25-26-27-29-31-56-33-36(59-39(49)30-28-6-4-2)34-57-46-45(55)43(53)41(51)38(61-46)35-58-47-44(54)42(52)40(50)37(32-48)60-47/h11-12,14-15,36-38,40-48,50-55H,3-10,13,16-35H2,1-2H3/b12-11-,15-14-. The molecule has 0 radical (unpaired) electrons. The number of hydrogen-bond donors (Lipinski definition) is 7. The van der Waals surface area contributed by atoms with Crippen molar-refractivity contribution in [2.24, 2.45) is 0 Å². The van der Waals surface area contributed by atoms with Crippen LogP contribution < -0.4 is 0 Å². The summed E-state index contributed by atoms with van der Waals surface area (Å²) in [7, 11) is 0. The van der Waals surface area contributed by atoms with E-state index in [1.807, 2.05) is 6.92 Å². The molecule has 358 valence electrons. The van der Waals surface area contributed by atoms with E-state index in [-0.39, 0.29) is 19.6 Å². The predicted molar refractivity (Wildman–Crippen MR) is 233 cm³/mol. The van der Waals surface area contributed by atoms with Gasteiger partial charge in [0.25, 0.3) is 0 Å². The maximum absolute atomic E-state index is 12.6. The van der Waals surface area contributed by atoms with Crippen LogP contribution in [-0.4, -0.2) is 142 Å². The fourth-order valence-corrected chi connectivity index (χ4v) is 7.49. The Balaban J connectivity index is 1.60. The van der Waals surface area contributed by atoms with Crippen molar-refractivity contribution in [1.82, 2.24) is 0 Å². The van der Waals surface area contributed by atoms with Crippen LogP contribution in [0.4, 0.5) is 0 Å². The SMILES string of the molecule is CCCCCCC/C=C\C/C=C\CCCCCCCCCCCCCCOCC(COC1OC(COC2OC(CO)C(O)C(O)C2O)C(O)C(O)C1O)OC(=O)CCCCC. The van der Waals surface area contributed by atoms with Crippen LogP contribution in [0, 0.1) is 0 Å². The highest BCUT2D eigenvalue weighted by Gasteiger charge is 2.47. The molecule has 2 heterocycles. The van der Waals surface area contributed by atoms with Gasteiger partial charge in [0.2, 0.25) is 0 Å². The molecular formula is C47H86O14. The number of ether oxygens (including phenoxy) is 6. The molecule has 0 aromatic rings. The van der Waals surface area contributed by atoms with E-state index in [1.165, 1.54) is 103 Å². The summed E-state index contributed by atoms with van der Waals surface area (Å²) in [5, 5.41) is 71.6. The molecule has 2 saturated heterocycles. The fraction of sp³-hybridized carbons (Fsp3) is 0.894. The van der Waals surface area contributed by atoms with E-state index < -0.39 is 86.7 Å². The van der Waals surface area contributed by atoms with Crippen LogP contribution in [0.25, 0.3) is 0 Å². The van der Waals surface area contributed by atoms with Crippen LogP contribution >= 0.6 is 0 Å². The minimum absolute atomic E-state index is 0.0603.